The fraction of sp³-hybridized carbons (Fsp3) is 0.385. The lowest BCUT2D eigenvalue weighted by Crippen LogP contribution is -1.91. The molecule has 1 aromatic heterocycles. The minimum Gasteiger partial charge on any atom is -0.339 e. The summed E-state index contributed by atoms with van der Waals surface area (Å²) in [4.78, 5) is 4.20. The van der Waals surface area contributed by atoms with Crippen molar-refractivity contribution in [3.05, 3.63) is 35.7 Å². The van der Waals surface area contributed by atoms with Crippen molar-refractivity contribution < 1.29 is 4.52 Å². The molecule has 1 heterocycles. The molecule has 0 aliphatic heterocycles. The van der Waals surface area contributed by atoms with E-state index in [2.05, 4.69) is 36.1 Å². The highest BCUT2D eigenvalue weighted by molar-refractivity contribution is 5.54. The van der Waals surface area contributed by atoms with Gasteiger partial charge in [0.25, 0.3) is 0 Å². The lowest BCUT2D eigenvalue weighted by atomic mass is 9.97. The first-order valence-electron chi connectivity index (χ1n) is 5.61. The molecule has 84 valence electrons. The summed E-state index contributed by atoms with van der Waals surface area (Å²) in [6.45, 7) is 6.22. The van der Waals surface area contributed by atoms with E-state index in [0.717, 1.165) is 12.0 Å². The van der Waals surface area contributed by atoms with Crippen LogP contribution in [0.25, 0.3) is 11.4 Å². The van der Waals surface area contributed by atoms with E-state index in [4.69, 9.17) is 4.52 Å². The fourth-order valence-electron chi connectivity index (χ4n) is 1.61. The second-order valence-corrected chi connectivity index (χ2v) is 4.07. The average molecular weight is 216 g/mol. The molecule has 0 bridgehead atoms. The predicted octanol–water partition coefficient (Wildman–Crippen LogP) is 3.56. The van der Waals surface area contributed by atoms with Crippen molar-refractivity contribution in [1.29, 1.82) is 0 Å². The van der Waals surface area contributed by atoms with Crippen LogP contribution in [0.2, 0.25) is 0 Å². The first-order valence-corrected chi connectivity index (χ1v) is 5.61. The van der Waals surface area contributed by atoms with Crippen molar-refractivity contribution in [2.24, 2.45) is 0 Å². The molecule has 0 amide bonds. The van der Waals surface area contributed by atoms with Crippen molar-refractivity contribution in [3.63, 3.8) is 0 Å². The Kier molecular flexibility index (Phi) is 3.04. The van der Waals surface area contributed by atoms with E-state index in [9.17, 15) is 0 Å². The molecule has 0 saturated heterocycles. The third-order valence-corrected chi connectivity index (χ3v) is 2.88. The SMILES string of the molecule is CCC(C)c1ccc(-c2noc(C)n2)cc1. The van der Waals surface area contributed by atoms with Crippen LogP contribution in [0.3, 0.4) is 0 Å². The van der Waals surface area contributed by atoms with Gasteiger partial charge in [0.1, 0.15) is 0 Å². The molecule has 0 N–H and O–H groups in total. The summed E-state index contributed by atoms with van der Waals surface area (Å²) in [7, 11) is 0. The van der Waals surface area contributed by atoms with Crippen molar-refractivity contribution >= 4 is 0 Å². The summed E-state index contributed by atoms with van der Waals surface area (Å²) >= 11 is 0. The Morgan fingerprint density at radius 3 is 2.44 bits per heavy atom. The molecule has 1 unspecified atom stereocenters. The van der Waals surface area contributed by atoms with E-state index < -0.39 is 0 Å². The minimum absolute atomic E-state index is 0.598. The molecule has 0 saturated carbocycles. The van der Waals surface area contributed by atoms with Crippen LogP contribution in [-0.2, 0) is 0 Å². The summed E-state index contributed by atoms with van der Waals surface area (Å²) in [5, 5.41) is 3.89. The molecule has 0 fully saturated rings. The van der Waals surface area contributed by atoms with E-state index in [1.54, 1.807) is 6.92 Å². The molecular weight excluding hydrogens is 200 g/mol. The standard InChI is InChI=1S/C13H16N2O/c1-4-9(2)11-5-7-12(8-6-11)13-14-10(3)16-15-13/h5-9H,4H2,1-3H3. The van der Waals surface area contributed by atoms with Crippen LogP contribution in [0.4, 0.5) is 0 Å². The zero-order chi connectivity index (χ0) is 11.5. The highest BCUT2D eigenvalue weighted by Gasteiger charge is 2.07. The number of hydrogen-bond donors (Lipinski definition) is 0. The third kappa shape index (κ3) is 2.13. The number of aryl methyl sites for hydroxylation is 1. The second kappa shape index (κ2) is 4.47. The third-order valence-electron chi connectivity index (χ3n) is 2.88. The molecule has 0 aliphatic carbocycles. The molecule has 2 rings (SSSR count). The van der Waals surface area contributed by atoms with Gasteiger partial charge < -0.3 is 4.52 Å². The first kappa shape index (κ1) is 10.9. The molecule has 3 heteroatoms. The average Bonchev–Trinajstić information content (AvgIpc) is 2.75. The van der Waals surface area contributed by atoms with Crippen molar-refractivity contribution in [1.82, 2.24) is 10.1 Å². The summed E-state index contributed by atoms with van der Waals surface area (Å²) in [6.07, 6.45) is 1.15. The molecular formula is C13H16N2O. The predicted molar refractivity (Wildman–Crippen MR) is 63.2 cm³/mol. The largest absolute Gasteiger partial charge is 0.339 e. The van der Waals surface area contributed by atoms with Crippen LogP contribution < -0.4 is 0 Å². The van der Waals surface area contributed by atoms with Gasteiger partial charge in [-0.1, -0.05) is 43.3 Å². The maximum Gasteiger partial charge on any atom is 0.223 e. The molecule has 0 spiro atoms. The Balaban J connectivity index is 2.25. The normalized spacial score (nSPS) is 12.7. The van der Waals surface area contributed by atoms with Crippen molar-refractivity contribution in [3.8, 4) is 11.4 Å². The quantitative estimate of drug-likeness (QED) is 0.787. The van der Waals surface area contributed by atoms with Gasteiger partial charge in [-0.05, 0) is 17.9 Å². The van der Waals surface area contributed by atoms with Gasteiger partial charge in [0.15, 0.2) is 0 Å². The Morgan fingerprint density at radius 1 is 1.25 bits per heavy atom. The number of hydrogen-bond acceptors (Lipinski definition) is 3. The monoisotopic (exact) mass is 216 g/mol. The molecule has 3 nitrogen and oxygen atoms in total. The van der Waals surface area contributed by atoms with Crippen LogP contribution in [0.5, 0.6) is 0 Å². The lowest BCUT2D eigenvalue weighted by Gasteiger charge is -2.08. The summed E-state index contributed by atoms with van der Waals surface area (Å²) in [5.74, 6) is 1.86. The van der Waals surface area contributed by atoms with E-state index in [0.29, 0.717) is 17.6 Å². The molecule has 16 heavy (non-hydrogen) atoms. The first-order chi connectivity index (χ1) is 7.70. The van der Waals surface area contributed by atoms with Gasteiger partial charge in [-0.3, -0.25) is 0 Å². The zero-order valence-corrected chi connectivity index (χ0v) is 9.90. The molecule has 2 aromatic rings. The number of benzene rings is 1. The second-order valence-electron chi connectivity index (χ2n) is 4.07. The maximum atomic E-state index is 4.96. The lowest BCUT2D eigenvalue weighted by molar-refractivity contribution is 0.394. The zero-order valence-electron chi connectivity index (χ0n) is 9.90. The van der Waals surface area contributed by atoms with E-state index in [1.807, 2.05) is 12.1 Å². The highest BCUT2D eigenvalue weighted by Crippen LogP contribution is 2.22. The Morgan fingerprint density at radius 2 is 1.94 bits per heavy atom. The van der Waals surface area contributed by atoms with E-state index >= 15 is 0 Å². The van der Waals surface area contributed by atoms with Crippen molar-refractivity contribution in [2.45, 2.75) is 33.1 Å². The molecule has 0 radical (unpaired) electrons. The van der Waals surface area contributed by atoms with E-state index in [1.165, 1.54) is 5.56 Å². The number of rotatable bonds is 3. The number of aromatic nitrogens is 2. The van der Waals surface area contributed by atoms with Gasteiger partial charge in [0.05, 0.1) is 0 Å². The van der Waals surface area contributed by atoms with E-state index in [-0.39, 0.29) is 0 Å². The summed E-state index contributed by atoms with van der Waals surface area (Å²) < 4.78 is 4.96. The topological polar surface area (TPSA) is 38.9 Å². The molecule has 1 atom stereocenters. The number of nitrogens with zero attached hydrogens (tertiary/aromatic N) is 2. The maximum absolute atomic E-state index is 4.96. The van der Waals surface area contributed by atoms with Gasteiger partial charge in [-0.25, -0.2) is 0 Å². The minimum atomic E-state index is 0.598. The van der Waals surface area contributed by atoms with Gasteiger partial charge in [0, 0.05) is 12.5 Å². The van der Waals surface area contributed by atoms with Gasteiger partial charge >= 0.3 is 0 Å². The fourth-order valence-corrected chi connectivity index (χ4v) is 1.61. The van der Waals surface area contributed by atoms with Crippen LogP contribution in [-0.4, -0.2) is 10.1 Å². The van der Waals surface area contributed by atoms with Crippen molar-refractivity contribution in [2.75, 3.05) is 0 Å². The Hall–Kier alpha value is -1.64. The van der Waals surface area contributed by atoms with Gasteiger partial charge in [-0.2, -0.15) is 4.98 Å². The Labute approximate surface area is 95.5 Å². The van der Waals surface area contributed by atoms with Crippen LogP contribution >= 0.6 is 0 Å². The smallest absolute Gasteiger partial charge is 0.223 e. The summed E-state index contributed by atoms with van der Waals surface area (Å²) in [5.41, 5.74) is 2.36. The Bertz CT molecular complexity index is 459. The molecule has 1 aromatic carbocycles. The molecule has 0 aliphatic rings. The van der Waals surface area contributed by atoms with Gasteiger partial charge in [0.2, 0.25) is 11.7 Å². The van der Waals surface area contributed by atoms with Crippen LogP contribution in [0, 0.1) is 6.92 Å². The highest BCUT2D eigenvalue weighted by atomic mass is 16.5. The van der Waals surface area contributed by atoms with Crippen LogP contribution in [0.15, 0.2) is 28.8 Å². The summed E-state index contributed by atoms with van der Waals surface area (Å²) in [6, 6.07) is 8.36. The van der Waals surface area contributed by atoms with Gasteiger partial charge in [-0.15, -0.1) is 0 Å². The van der Waals surface area contributed by atoms with Crippen LogP contribution in [0.1, 0.15) is 37.6 Å².